The molecular formula is C18H20N4O. The SMILES string of the molecule is OC1(Cc2ccccc2)CCN(c2ncnc3[nH]ccc23)CC1. The zero-order valence-corrected chi connectivity index (χ0v) is 12.9. The third-order valence-electron chi connectivity index (χ3n) is 4.70. The molecule has 1 saturated heterocycles. The summed E-state index contributed by atoms with van der Waals surface area (Å²) in [6.45, 7) is 1.61. The molecule has 23 heavy (non-hydrogen) atoms. The predicted octanol–water partition coefficient (Wildman–Crippen LogP) is 2.53. The fourth-order valence-corrected chi connectivity index (χ4v) is 3.40. The molecule has 0 radical (unpaired) electrons. The Hall–Kier alpha value is -2.40. The minimum Gasteiger partial charge on any atom is -0.389 e. The van der Waals surface area contributed by atoms with Crippen molar-refractivity contribution in [2.75, 3.05) is 18.0 Å². The topological polar surface area (TPSA) is 65.0 Å². The van der Waals surface area contributed by atoms with Gasteiger partial charge in [0.15, 0.2) is 0 Å². The number of rotatable bonds is 3. The number of nitrogens with zero attached hydrogens (tertiary/aromatic N) is 3. The molecule has 0 atom stereocenters. The average molecular weight is 308 g/mol. The summed E-state index contributed by atoms with van der Waals surface area (Å²) >= 11 is 0. The molecule has 2 aromatic heterocycles. The monoisotopic (exact) mass is 308 g/mol. The minimum atomic E-state index is -0.623. The van der Waals surface area contributed by atoms with E-state index in [0.717, 1.165) is 42.8 Å². The number of fused-ring (bicyclic) bond motifs is 1. The summed E-state index contributed by atoms with van der Waals surface area (Å²) in [5.41, 5.74) is 1.43. The van der Waals surface area contributed by atoms with Crippen LogP contribution in [-0.2, 0) is 6.42 Å². The minimum absolute atomic E-state index is 0.623. The van der Waals surface area contributed by atoms with Gasteiger partial charge in [-0.2, -0.15) is 0 Å². The van der Waals surface area contributed by atoms with Gasteiger partial charge in [0.25, 0.3) is 0 Å². The number of aromatic nitrogens is 3. The highest BCUT2D eigenvalue weighted by Crippen LogP contribution is 2.30. The molecule has 0 saturated carbocycles. The Kier molecular flexibility index (Phi) is 3.50. The van der Waals surface area contributed by atoms with Gasteiger partial charge in [-0.1, -0.05) is 30.3 Å². The third kappa shape index (κ3) is 2.80. The molecule has 0 amide bonds. The molecule has 3 heterocycles. The van der Waals surface area contributed by atoms with E-state index in [1.54, 1.807) is 6.33 Å². The van der Waals surface area contributed by atoms with E-state index >= 15 is 0 Å². The Bertz CT molecular complexity index is 791. The maximum absolute atomic E-state index is 10.9. The van der Waals surface area contributed by atoms with Crippen molar-refractivity contribution in [3.8, 4) is 0 Å². The first-order valence-electron chi connectivity index (χ1n) is 8.03. The van der Waals surface area contributed by atoms with Crippen molar-refractivity contribution in [2.24, 2.45) is 0 Å². The van der Waals surface area contributed by atoms with Gasteiger partial charge in [-0.15, -0.1) is 0 Å². The molecule has 1 fully saturated rings. The number of aromatic amines is 1. The largest absolute Gasteiger partial charge is 0.389 e. The van der Waals surface area contributed by atoms with E-state index in [1.165, 1.54) is 5.56 Å². The fourth-order valence-electron chi connectivity index (χ4n) is 3.40. The summed E-state index contributed by atoms with van der Waals surface area (Å²) < 4.78 is 0. The first-order valence-corrected chi connectivity index (χ1v) is 8.03. The molecule has 5 nitrogen and oxygen atoms in total. The Morgan fingerprint density at radius 1 is 1.09 bits per heavy atom. The number of anilines is 1. The van der Waals surface area contributed by atoms with Crippen molar-refractivity contribution >= 4 is 16.9 Å². The van der Waals surface area contributed by atoms with Crippen LogP contribution in [0.3, 0.4) is 0 Å². The summed E-state index contributed by atoms with van der Waals surface area (Å²) in [6, 6.07) is 12.2. The van der Waals surface area contributed by atoms with E-state index in [0.29, 0.717) is 6.42 Å². The van der Waals surface area contributed by atoms with E-state index in [1.807, 2.05) is 30.5 Å². The van der Waals surface area contributed by atoms with Crippen molar-refractivity contribution in [2.45, 2.75) is 24.9 Å². The molecule has 0 spiro atoms. The Morgan fingerprint density at radius 2 is 1.87 bits per heavy atom. The van der Waals surface area contributed by atoms with Crippen LogP contribution in [-0.4, -0.2) is 38.7 Å². The van der Waals surface area contributed by atoms with E-state index in [9.17, 15) is 5.11 Å². The van der Waals surface area contributed by atoms with Crippen LogP contribution < -0.4 is 4.90 Å². The van der Waals surface area contributed by atoms with Gasteiger partial charge >= 0.3 is 0 Å². The molecule has 2 N–H and O–H groups in total. The Balaban J connectivity index is 1.49. The van der Waals surface area contributed by atoms with Crippen molar-refractivity contribution in [1.29, 1.82) is 0 Å². The number of H-pyrrole nitrogens is 1. The van der Waals surface area contributed by atoms with Crippen LogP contribution >= 0.6 is 0 Å². The van der Waals surface area contributed by atoms with Gasteiger partial charge in [0.1, 0.15) is 17.8 Å². The zero-order valence-electron chi connectivity index (χ0n) is 12.9. The number of hydrogen-bond donors (Lipinski definition) is 2. The lowest BCUT2D eigenvalue weighted by atomic mass is 9.85. The highest BCUT2D eigenvalue weighted by molar-refractivity contribution is 5.87. The lowest BCUT2D eigenvalue weighted by molar-refractivity contribution is 0.0165. The zero-order chi connectivity index (χ0) is 15.7. The predicted molar refractivity (Wildman–Crippen MR) is 90.4 cm³/mol. The van der Waals surface area contributed by atoms with Crippen LogP contribution in [0.15, 0.2) is 48.9 Å². The average Bonchev–Trinajstić information content (AvgIpc) is 3.05. The second kappa shape index (κ2) is 5.66. The molecule has 5 heteroatoms. The lowest BCUT2D eigenvalue weighted by Gasteiger charge is -2.39. The van der Waals surface area contributed by atoms with Gasteiger partial charge in [0.2, 0.25) is 0 Å². The quantitative estimate of drug-likeness (QED) is 0.780. The molecule has 1 aliphatic heterocycles. The van der Waals surface area contributed by atoms with Gasteiger partial charge in [-0.3, -0.25) is 0 Å². The van der Waals surface area contributed by atoms with Gasteiger partial charge in [0.05, 0.1) is 11.0 Å². The third-order valence-corrected chi connectivity index (χ3v) is 4.70. The van der Waals surface area contributed by atoms with Crippen molar-refractivity contribution in [3.05, 3.63) is 54.5 Å². The summed E-state index contributed by atoms with van der Waals surface area (Å²) in [5.74, 6) is 0.956. The summed E-state index contributed by atoms with van der Waals surface area (Å²) in [6.07, 6.45) is 5.69. The summed E-state index contributed by atoms with van der Waals surface area (Å²) in [5, 5.41) is 11.9. The van der Waals surface area contributed by atoms with Crippen molar-refractivity contribution in [3.63, 3.8) is 0 Å². The number of hydrogen-bond acceptors (Lipinski definition) is 4. The summed E-state index contributed by atoms with van der Waals surface area (Å²) in [4.78, 5) is 14.1. The van der Waals surface area contributed by atoms with Gasteiger partial charge < -0.3 is 15.0 Å². The Labute approximate surface area is 135 Å². The maximum atomic E-state index is 10.9. The molecule has 0 aliphatic carbocycles. The number of nitrogens with one attached hydrogen (secondary N) is 1. The lowest BCUT2D eigenvalue weighted by Crippen LogP contribution is -2.46. The molecule has 1 aromatic carbocycles. The van der Waals surface area contributed by atoms with Crippen LogP contribution in [0.2, 0.25) is 0 Å². The molecular weight excluding hydrogens is 288 g/mol. The smallest absolute Gasteiger partial charge is 0.142 e. The van der Waals surface area contributed by atoms with Gasteiger partial charge in [-0.05, 0) is 24.5 Å². The number of aliphatic hydroxyl groups is 1. The van der Waals surface area contributed by atoms with E-state index < -0.39 is 5.60 Å². The second-order valence-electron chi connectivity index (χ2n) is 6.31. The van der Waals surface area contributed by atoms with Crippen LogP contribution in [0.25, 0.3) is 11.0 Å². The number of piperidine rings is 1. The highest BCUT2D eigenvalue weighted by Gasteiger charge is 2.33. The number of benzene rings is 1. The standard InChI is InChI=1S/C18H20N4O/c23-18(12-14-4-2-1-3-5-14)7-10-22(11-8-18)17-15-6-9-19-16(15)20-13-21-17/h1-6,9,13,23H,7-8,10-12H2,(H,19,20,21). The Morgan fingerprint density at radius 3 is 2.65 bits per heavy atom. The van der Waals surface area contributed by atoms with Crippen LogP contribution in [0.1, 0.15) is 18.4 Å². The normalized spacial score (nSPS) is 17.5. The highest BCUT2D eigenvalue weighted by atomic mass is 16.3. The summed E-state index contributed by atoms with van der Waals surface area (Å²) in [7, 11) is 0. The van der Waals surface area contributed by atoms with Crippen LogP contribution in [0.4, 0.5) is 5.82 Å². The molecule has 4 rings (SSSR count). The first-order chi connectivity index (χ1) is 11.2. The van der Waals surface area contributed by atoms with E-state index in [-0.39, 0.29) is 0 Å². The molecule has 0 unspecified atom stereocenters. The van der Waals surface area contributed by atoms with Gasteiger partial charge in [0, 0.05) is 25.7 Å². The second-order valence-corrected chi connectivity index (χ2v) is 6.31. The van der Waals surface area contributed by atoms with Crippen molar-refractivity contribution in [1.82, 2.24) is 15.0 Å². The molecule has 0 bridgehead atoms. The van der Waals surface area contributed by atoms with E-state index in [2.05, 4.69) is 32.0 Å². The van der Waals surface area contributed by atoms with Crippen molar-refractivity contribution < 1.29 is 5.11 Å². The fraction of sp³-hybridized carbons (Fsp3) is 0.333. The molecule has 1 aliphatic rings. The maximum Gasteiger partial charge on any atom is 0.142 e. The van der Waals surface area contributed by atoms with E-state index in [4.69, 9.17) is 0 Å². The van der Waals surface area contributed by atoms with Crippen LogP contribution in [0, 0.1) is 0 Å². The van der Waals surface area contributed by atoms with Gasteiger partial charge in [-0.25, -0.2) is 9.97 Å². The van der Waals surface area contributed by atoms with Crippen LogP contribution in [0.5, 0.6) is 0 Å². The first kappa shape index (κ1) is 14.2. The molecule has 118 valence electrons. The molecule has 3 aromatic rings.